The molecule has 0 unspecified atom stereocenters. The summed E-state index contributed by atoms with van der Waals surface area (Å²) in [7, 11) is 0. The van der Waals surface area contributed by atoms with Gasteiger partial charge in [0.1, 0.15) is 5.60 Å². The Labute approximate surface area is 111 Å². The van der Waals surface area contributed by atoms with Gasteiger partial charge in [-0.15, -0.1) is 6.58 Å². The van der Waals surface area contributed by atoms with E-state index in [2.05, 4.69) is 16.6 Å². The molecule has 1 aliphatic rings. The predicted molar refractivity (Wildman–Crippen MR) is 73.5 cm³/mol. The van der Waals surface area contributed by atoms with Crippen LogP contribution in [0.1, 0.15) is 33.6 Å². The second kappa shape index (κ2) is 10.1. The van der Waals surface area contributed by atoms with E-state index in [0.29, 0.717) is 13.1 Å². The molecule has 0 aromatic rings. The van der Waals surface area contributed by atoms with Crippen LogP contribution in [0.5, 0.6) is 0 Å². The van der Waals surface area contributed by atoms with Crippen molar-refractivity contribution in [2.75, 3.05) is 26.3 Å². The van der Waals surface area contributed by atoms with Crippen LogP contribution in [0.2, 0.25) is 0 Å². The van der Waals surface area contributed by atoms with Gasteiger partial charge in [-0.3, -0.25) is 4.79 Å². The van der Waals surface area contributed by atoms with Crippen LogP contribution in [-0.4, -0.2) is 38.4 Å². The minimum Gasteiger partial charge on any atom is -0.462 e. The third kappa shape index (κ3) is 11.6. The normalized spacial score (nSPS) is 16.4. The summed E-state index contributed by atoms with van der Waals surface area (Å²) >= 11 is 0. The molecule has 106 valence electrons. The smallest absolute Gasteiger partial charge is 0.293 e. The zero-order chi connectivity index (χ0) is 13.9. The van der Waals surface area contributed by atoms with Crippen molar-refractivity contribution in [1.82, 2.24) is 5.32 Å². The summed E-state index contributed by atoms with van der Waals surface area (Å²) in [6.45, 7) is 13.4. The molecule has 0 aromatic heterocycles. The van der Waals surface area contributed by atoms with Gasteiger partial charge >= 0.3 is 0 Å². The van der Waals surface area contributed by atoms with Gasteiger partial charge in [0.05, 0.1) is 6.61 Å². The Morgan fingerprint density at radius 1 is 1.33 bits per heavy atom. The molecule has 0 saturated carbocycles. The Bertz CT molecular complexity index is 218. The largest absolute Gasteiger partial charge is 0.462 e. The first kappa shape index (κ1) is 17.1. The quantitative estimate of drug-likeness (QED) is 0.466. The Morgan fingerprint density at radius 3 is 2.33 bits per heavy atom. The Balaban J connectivity index is 0.000000360. The topological polar surface area (TPSA) is 47.6 Å². The molecule has 0 aliphatic carbocycles. The minimum absolute atomic E-state index is 0.318. The number of piperidine rings is 1. The summed E-state index contributed by atoms with van der Waals surface area (Å²) in [4.78, 5) is 9.60. The monoisotopic (exact) mass is 257 g/mol. The van der Waals surface area contributed by atoms with Gasteiger partial charge in [-0.25, -0.2) is 0 Å². The molecule has 4 nitrogen and oxygen atoms in total. The predicted octanol–water partition coefficient (Wildman–Crippen LogP) is 2.15. The SMILES string of the molecule is C=CCOCC1CCNCC1.CC(C)(C)OC=O. The lowest BCUT2D eigenvalue weighted by Gasteiger charge is -2.21. The lowest BCUT2D eigenvalue weighted by molar-refractivity contribution is -0.138. The van der Waals surface area contributed by atoms with E-state index in [1.54, 1.807) is 6.08 Å². The van der Waals surface area contributed by atoms with Crippen LogP contribution in [0.3, 0.4) is 0 Å². The minimum atomic E-state index is -0.318. The van der Waals surface area contributed by atoms with E-state index in [9.17, 15) is 4.79 Å². The summed E-state index contributed by atoms with van der Waals surface area (Å²) < 4.78 is 9.93. The Morgan fingerprint density at radius 2 is 1.94 bits per heavy atom. The highest BCUT2D eigenvalue weighted by atomic mass is 16.5. The number of ether oxygens (including phenoxy) is 2. The first-order chi connectivity index (χ1) is 8.49. The first-order valence-electron chi connectivity index (χ1n) is 6.50. The van der Waals surface area contributed by atoms with Crippen molar-refractivity contribution in [2.24, 2.45) is 5.92 Å². The van der Waals surface area contributed by atoms with E-state index in [4.69, 9.17) is 4.74 Å². The molecule has 18 heavy (non-hydrogen) atoms. The van der Waals surface area contributed by atoms with Gasteiger partial charge in [-0.05, 0) is 52.6 Å². The number of carbonyl (C=O) groups is 1. The van der Waals surface area contributed by atoms with Crippen LogP contribution in [0.4, 0.5) is 0 Å². The molecule has 0 aromatic carbocycles. The van der Waals surface area contributed by atoms with Gasteiger partial charge in [-0.1, -0.05) is 6.08 Å². The summed E-state index contributed by atoms with van der Waals surface area (Å²) in [5.74, 6) is 0.774. The van der Waals surface area contributed by atoms with Gasteiger partial charge in [0.2, 0.25) is 0 Å². The number of nitrogens with one attached hydrogen (secondary N) is 1. The summed E-state index contributed by atoms with van der Waals surface area (Å²) in [6.07, 6.45) is 4.33. The number of rotatable bonds is 5. The molecule has 1 saturated heterocycles. The zero-order valence-corrected chi connectivity index (χ0v) is 11.9. The summed E-state index contributed by atoms with van der Waals surface area (Å²) in [5.41, 5.74) is -0.318. The molecule has 1 N–H and O–H groups in total. The van der Waals surface area contributed by atoms with E-state index in [0.717, 1.165) is 25.6 Å². The highest BCUT2D eigenvalue weighted by Gasteiger charge is 2.11. The van der Waals surface area contributed by atoms with Crippen molar-refractivity contribution >= 4 is 6.47 Å². The van der Waals surface area contributed by atoms with Crippen molar-refractivity contribution in [2.45, 2.75) is 39.2 Å². The van der Waals surface area contributed by atoms with Gasteiger partial charge in [0.25, 0.3) is 6.47 Å². The van der Waals surface area contributed by atoms with Crippen molar-refractivity contribution in [3.05, 3.63) is 12.7 Å². The molecule has 4 heteroatoms. The zero-order valence-electron chi connectivity index (χ0n) is 11.9. The van der Waals surface area contributed by atoms with Crippen molar-refractivity contribution in [3.63, 3.8) is 0 Å². The van der Waals surface area contributed by atoms with Gasteiger partial charge in [0, 0.05) is 6.61 Å². The molecule has 0 spiro atoms. The van der Waals surface area contributed by atoms with Gasteiger partial charge in [-0.2, -0.15) is 0 Å². The second-order valence-corrected chi connectivity index (χ2v) is 5.35. The van der Waals surface area contributed by atoms with Crippen LogP contribution in [0.15, 0.2) is 12.7 Å². The van der Waals surface area contributed by atoms with Crippen LogP contribution < -0.4 is 5.32 Å². The molecule has 0 amide bonds. The lowest BCUT2D eigenvalue weighted by atomic mass is 9.99. The maximum Gasteiger partial charge on any atom is 0.293 e. The van der Waals surface area contributed by atoms with E-state index >= 15 is 0 Å². The first-order valence-corrected chi connectivity index (χ1v) is 6.50. The average molecular weight is 257 g/mol. The molecular weight excluding hydrogens is 230 g/mol. The number of hydrogen-bond acceptors (Lipinski definition) is 4. The fourth-order valence-electron chi connectivity index (χ4n) is 1.51. The van der Waals surface area contributed by atoms with Crippen molar-refractivity contribution < 1.29 is 14.3 Å². The van der Waals surface area contributed by atoms with Crippen LogP contribution in [0, 0.1) is 5.92 Å². The fourth-order valence-corrected chi connectivity index (χ4v) is 1.51. The van der Waals surface area contributed by atoms with Crippen LogP contribution >= 0.6 is 0 Å². The van der Waals surface area contributed by atoms with Crippen LogP contribution in [0.25, 0.3) is 0 Å². The highest BCUT2D eigenvalue weighted by molar-refractivity contribution is 5.37. The maximum absolute atomic E-state index is 9.60. The number of hydrogen-bond donors (Lipinski definition) is 1. The molecular formula is C14H27NO3. The molecule has 0 bridgehead atoms. The van der Waals surface area contributed by atoms with Crippen molar-refractivity contribution in [3.8, 4) is 0 Å². The molecule has 1 heterocycles. The number of carbonyl (C=O) groups excluding carboxylic acids is 1. The Hall–Kier alpha value is -0.870. The standard InChI is InChI=1S/C9H17NO.C5H10O2/c1-2-7-11-8-9-3-5-10-6-4-9;1-5(2,3)7-4-6/h2,9-10H,1,3-8H2;4H,1-3H3. The molecule has 0 radical (unpaired) electrons. The van der Waals surface area contributed by atoms with E-state index in [1.165, 1.54) is 12.8 Å². The van der Waals surface area contributed by atoms with Gasteiger partial charge in [0.15, 0.2) is 0 Å². The van der Waals surface area contributed by atoms with Crippen LogP contribution in [-0.2, 0) is 14.3 Å². The fraction of sp³-hybridized carbons (Fsp3) is 0.786. The lowest BCUT2D eigenvalue weighted by Crippen LogP contribution is -2.29. The highest BCUT2D eigenvalue weighted by Crippen LogP contribution is 2.11. The van der Waals surface area contributed by atoms with E-state index in [1.807, 2.05) is 20.8 Å². The summed E-state index contributed by atoms with van der Waals surface area (Å²) in [5, 5.41) is 3.33. The van der Waals surface area contributed by atoms with Gasteiger partial charge < -0.3 is 14.8 Å². The Kier molecular flexibility index (Phi) is 9.60. The molecule has 1 fully saturated rings. The van der Waals surface area contributed by atoms with E-state index in [-0.39, 0.29) is 5.60 Å². The molecule has 0 atom stereocenters. The third-order valence-electron chi connectivity index (χ3n) is 2.45. The summed E-state index contributed by atoms with van der Waals surface area (Å²) in [6, 6.07) is 0. The molecule has 1 aliphatic heterocycles. The molecule has 1 rings (SSSR count). The third-order valence-corrected chi connectivity index (χ3v) is 2.45. The van der Waals surface area contributed by atoms with Crippen molar-refractivity contribution in [1.29, 1.82) is 0 Å². The average Bonchev–Trinajstić information content (AvgIpc) is 2.30. The van der Waals surface area contributed by atoms with E-state index < -0.39 is 0 Å². The second-order valence-electron chi connectivity index (χ2n) is 5.35. The maximum atomic E-state index is 9.60.